The number of alkyl halides is 3. The third kappa shape index (κ3) is 1.98. The van der Waals surface area contributed by atoms with E-state index in [1.165, 1.54) is 24.3 Å². The van der Waals surface area contributed by atoms with Crippen LogP contribution in [0, 0.1) is 0 Å². The van der Waals surface area contributed by atoms with Crippen LogP contribution in [-0.4, -0.2) is 25.0 Å². The lowest BCUT2D eigenvalue weighted by atomic mass is 9.94. The zero-order valence-electron chi connectivity index (χ0n) is 8.08. The number of hydrogen-bond donors (Lipinski definition) is 1. The molecule has 0 aliphatic heterocycles. The first kappa shape index (κ1) is 12.0. The maximum absolute atomic E-state index is 12.8. The summed E-state index contributed by atoms with van der Waals surface area (Å²) >= 11 is 0. The maximum Gasteiger partial charge on any atom is 0.423 e. The van der Waals surface area contributed by atoms with Crippen molar-refractivity contribution in [2.45, 2.75) is 11.8 Å². The van der Waals surface area contributed by atoms with Crippen molar-refractivity contribution in [3.63, 3.8) is 0 Å². The predicted octanol–water partition coefficient (Wildman–Crippen LogP) is 2.08. The molecule has 1 atom stereocenters. The molecule has 1 rings (SSSR count). The van der Waals surface area contributed by atoms with E-state index in [4.69, 9.17) is 5.11 Å². The van der Waals surface area contributed by atoms with Gasteiger partial charge in [-0.3, -0.25) is 0 Å². The van der Waals surface area contributed by atoms with Gasteiger partial charge in [0.2, 0.25) is 5.60 Å². The van der Waals surface area contributed by atoms with Crippen molar-refractivity contribution in [1.82, 2.24) is 0 Å². The highest BCUT2D eigenvalue weighted by molar-refractivity contribution is 5.24. The van der Waals surface area contributed by atoms with Gasteiger partial charge in [-0.05, 0) is 5.56 Å². The molecule has 84 valence electrons. The molecule has 0 aliphatic rings. The number of rotatable bonds is 3. The number of halogens is 3. The summed E-state index contributed by atoms with van der Waals surface area (Å²) in [6.45, 7) is -1.14. The van der Waals surface area contributed by atoms with Crippen molar-refractivity contribution in [1.29, 1.82) is 0 Å². The average Bonchev–Trinajstić information content (AvgIpc) is 2.20. The highest BCUT2D eigenvalue weighted by Crippen LogP contribution is 2.41. The standard InChI is InChI=1S/C10H11F3O2/c1-15-9(7-14,10(11,12)13)8-5-3-2-4-6-8/h2-6,14H,7H2,1H3/t9-/m0/s1. The van der Waals surface area contributed by atoms with E-state index in [0.717, 1.165) is 7.11 Å². The largest absolute Gasteiger partial charge is 0.423 e. The van der Waals surface area contributed by atoms with Crippen molar-refractivity contribution in [3.05, 3.63) is 35.9 Å². The van der Waals surface area contributed by atoms with Gasteiger partial charge in [-0.25, -0.2) is 0 Å². The number of ether oxygens (including phenoxy) is 1. The van der Waals surface area contributed by atoms with Crippen molar-refractivity contribution in [2.24, 2.45) is 0 Å². The molecule has 0 fully saturated rings. The molecule has 0 saturated heterocycles. The molecule has 0 amide bonds. The number of benzene rings is 1. The summed E-state index contributed by atoms with van der Waals surface area (Å²) in [5, 5.41) is 8.92. The van der Waals surface area contributed by atoms with Gasteiger partial charge >= 0.3 is 6.18 Å². The van der Waals surface area contributed by atoms with Crippen LogP contribution in [0.25, 0.3) is 0 Å². The smallest absolute Gasteiger partial charge is 0.393 e. The van der Waals surface area contributed by atoms with E-state index >= 15 is 0 Å². The normalized spacial score (nSPS) is 16.1. The second-order valence-corrected chi connectivity index (χ2v) is 3.05. The summed E-state index contributed by atoms with van der Waals surface area (Å²) in [6, 6.07) is 7.06. The molecule has 0 unspecified atom stereocenters. The molecule has 2 nitrogen and oxygen atoms in total. The molecule has 0 aliphatic carbocycles. The molecular weight excluding hydrogens is 209 g/mol. The van der Waals surface area contributed by atoms with Crippen LogP contribution in [0.3, 0.4) is 0 Å². The van der Waals surface area contributed by atoms with Crippen LogP contribution in [0.15, 0.2) is 30.3 Å². The van der Waals surface area contributed by atoms with E-state index < -0.39 is 18.4 Å². The minimum atomic E-state index is -4.65. The Kier molecular flexibility index (Phi) is 3.36. The van der Waals surface area contributed by atoms with E-state index in [2.05, 4.69) is 4.74 Å². The lowest BCUT2D eigenvalue weighted by Gasteiger charge is -2.32. The van der Waals surface area contributed by atoms with E-state index in [1.54, 1.807) is 6.07 Å². The van der Waals surface area contributed by atoms with Crippen molar-refractivity contribution < 1.29 is 23.0 Å². The third-order valence-electron chi connectivity index (χ3n) is 2.27. The van der Waals surface area contributed by atoms with Crippen molar-refractivity contribution in [2.75, 3.05) is 13.7 Å². The summed E-state index contributed by atoms with van der Waals surface area (Å²) in [7, 11) is 0.927. The molecule has 1 aromatic carbocycles. The molecule has 1 N–H and O–H groups in total. The molecule has 0 aromatic heterocycles. The number of aliphatic hydroxyl groups is 1. The number of aliphatic hydroxyl groups excluding tert-OH is 1. The topological polar surface area (TPSA) is 29.5 Å². The second kappa shape index (κ2) is 4.20. The SMILES string of the molecule is CO[C@@](CO)(c1ccccc1)C(F)(F)F. The highest BCUT2D eigenvalue weighted by atomic mass is 19.4. The Labute approximate surface area is 85.3 Å². The fourth-order valence-corrected chi connectivity index (χ4v) is 1.35. The Morgan fingerprint density at radius 2 is 1.73 bits per heavy atom. The molecule has 1 aromatic rings. The van der Waals surface area contributed by atoms with E-state index in [9.17, 15) is 13.2 Å². The monoisotopic (exact) mass is 220 g/mol. The average molecular weight is 220 g/mol. The van der Waals surface area contributed by atoms with Gasteiger partial charge in [0.25, 0.3) is 0 Å². The van der Waals surface area contributed by atoms with Crippen LogP contribution in [0.1, 0.15) is 5.56 Å². The molecule has 0 bridgehead atoms. The van der Waals surface area contributed by atoms with Crippen LogP contribution < -0.4 is 0 Å². The Hall–Kier alpha value is -1.07. The summed E-state index contributed by atoms with van der Waals surface area (Å²) in [4.78, 5) is 0. The van der Waals surface area contributed by atoms with E-state index in [-0.39, 0.29) is 5.56 Å². The molecule has 0 heterocycles. The third-order valence-corrected chi connectivity index (χ3v) is 2.27. The summed E-state index contributed by atoms with van der Waals surface area (Å²) < 4.78 is 42.8. The molecule has 0 saturated carbocycles. The first-order chi connectivity index (χ1) is 6.98. The Bertz CT molecular complexity index is 304. The van der Waals surface area contributed by atoms with Crippen LogP contribution >= 0.6 is 0 Å². The van der Waals surface area contributed by atoms with Gasteiger partial charge in [-0.2, -0.15) is 13.2 Å². The maximum atomic E-state index is 12.8. The van der Waals surface area contributed by atoms with Crippen molar-refractivity contribution in [3.8, 4) is 0 Å². The molecule has 15 heavy (non-hydrogen) atoms. The molecule has 0 spiro atoms. The lowest BCUT2D eigenvalue weighted by molar-refractivity contribution is -0.287. The van der Waals surface area contributed by atoms with Gasteiger partial charge in [-0.1, -0.05) is 30.3 Å². The summed E-state index contributed by atoms with van der Waals surface area (Å²) in [5.74, 6) is 0. The minimum Gasteiger partial charge on any atom is -0.393 e. The molecular formula is C10H11F3O2. The minimum absolute atomic E-state index is 0.109. The van der Waals surface area contributed by atoms with Gasteiger partial charge in [0.1, 0.15) is 0 Å². The van der Waals surface area contributed by atoms with Crippen molar-refractivity contribution >= 4 is 0 Å². The second-order valence-electron chi connectivity index (χ2n) is 3.05. The van der Waals surface area contributed by atoms with E-state index in [1.807, 2.05) is 0 Å². The highest BCUT2D eigenvalue weighted by Gasteiger charge is 2.56. The number of hydrogen-bond acceptors (Lipinski definition) is 2. The van der Waals surface area contributed by atoms with Crippen LogP contribution in [0.5, 0.6) is 0 Å². The fourth-order valence-electron chi connectivity index (χ4n) is 1.35. The van der Waals surface area contributed by atoms with Gasteiger partial charge in [0, 0.05) is 7.11 Å². The lowest BCUT2D eigenvalue weighted by Crippen LogP contribution is -2.47. The Balaban J connectivity index is 3.24. The molecule has 5 heteroatoms. The van der Waals surface area contributed by atoms with E-state index in [0.29, 0.717) is 0 Å². The quantitative estimate of drug-likeness (QED) is 0.845. The van der Waals surface area contributed by atoms with Crippen LogP contribution in [-0.2, 0) is 10.3 Å². The predicted molar refractivity (Wildman–Crippen MR) is 48.3 cm³/mol. The zero-order chi connectivity index (χ0) is 11.5. The van der Waals surface area contributed by atoms with Crippen LogP contribution in [0.4, 0.5) is 13.2 Å². The van der Waals surface area contributed by atoms with Gasteiger partial charge in [-0.15, -0.1) is 0 Å². The number of methoxy groups -OCH3 is 1. The summed E-state index contributed by atoms with van der Waals surface area (Å²) in [6.07, 6.45) is -4.65. The van der Waals surface area contributed by atoms with Gasteiger partial charge < -0.3 is 9.84 Å². The molecule has 0 radical (unpaired) electrons. The first-order valence-corrected chi connectivity index (χ1v) is 4.26. The summed E-state index contributed by atoms with van der Waals surface area (Å²) in [5.41, 5.74) is -2.74. The van der Waals surface area contributed by atoms with Crippen LogP contribution in [0.2, 0.25) is 0 Å². The van der Waals surface area contributed by atoms with Gasteiger partial charge in [0.05, 0.1) is 6.61 Å². The Morgan fingerprint density at radius 3 is 2.07 bits per heavy atom. The zero-order valence-corrected chi connectivity index (χ0v) is 8.08. The van der Waals surface area contributed by atoms with Gasteiger partial charge in [0.15, 0.2) is 0 Å². The fraction of sp³-hybridized carbons (Fsp3) is 0.400. The Morgan fingerprint density at radius 1 is 1.20 bits per heavy atom. The first-order valence-electron chi connectivity index (χ1n) is 4.26.